The van der Waals surface area contributed by atoms with E-state index in [-0.39, 0.29) is 6.04 Å². The first kappa shape index (κ1) is 16.4. The molecule has 0 aliphatic carbocycles. The van der Waals surface area contributed by atoms with Gasteiger partial charge in [0.05, 0.1) is 11.7 Å². The predicted molar refractivity (Wildman–Crippen MR) is 111 cm³/mol. The molecular weight excluding hydrogens is 348 g/mol. The second-order valence-corrected chi connectivity index (χ2v) is 6.76. The van der Waals surface area contributed by atoms with Gasteiger partial charge in [0.25, 0.3) is 0 Å². The average molecular weight is 366 g/mol. The molecule has 5 rings (SSSR count). The Morgan fingerprint density at radius 1 is 0.893 bits per heavy atom. The molecule has 3 heterocycles. The third-order valence-electron chi connectivity index (χ3n) is 4.91. The maximum Gasteiger partial charge on any atom is 0.155 e. The summed E-state index contributed by atoms with van der Waals surface area (Å²) < 4.78 is 0. The van der Waals surface area contributed by atoms with Gasteiger partial charge in [0.1, 0.15) is 12.1 Å². The number of hydrogen-bond donors (Lipinski definition) is 2. The van der Waals surface area contributed by atoms with E-state index in [4.69, 9.17) is 0 Å². The van der Waals surface area contributed by atoms with Gasteiger partial charge in [-0.1, -0.05) is 36.4 Å². The first-order valence-electron chi connectivity index (χ1n) is 9.14. The zero-order chi connectivity index (χ0) is 18.9. The lowest BCUT2D eigenvalue weighted by molar-refractivity contribution is 0.876. The number of aromatic nitrogens is 5. The summed E-state index contributed by atoms with van der Waals surface area (Å²) in [4.78, 5) is 13.4. The van der Waals surface area contributed by atoms with E-state index < -0.39 is 0 Å². The molecule has 6 nitrogen and oxygen atoms in total. The smallest absolute Gasteiger partial charge is 0.155 e. The van der Waals surface area contributed by atoms with E-state index in [0.717, 1.165) is 38.9 Å². The molecule has 0 saturated carbocycles. The van der Waals surface area contributed by atoms with Gasteiger partial charge in [-0.05, 0) is 36.2 Å². The Morgan fingerprint density at radius 2 is 1.79 bits per heavy atom. The molecule has 1 atom stereocenters. The number of fused-ring (bicyclic) bond motifs is 2. The molecule has 5 aromatic rings. The molecular formula is C22H18N6. The number of aromatic amines is 1. The molecule has 0 saturated heterocycles. The lowest BCUT2D eigenvalue weighted by Gasteiger charge is -2.16. The van der Waals surface area contributed by atoms with Crippen molar-refractivity contribution in [3.05, 3.63) is 78.9 Å². The van der Waals surface area contributed by atoms with Crippen molar-refractivity contribution < 1.29 is 0 Å². The summed E-state index contributed by atoms with van der Waals surface area (Å²) in [6, 6.07) is 18.7. The van der Waals surface area contributed by atoms with Crippen LogP contribution in [0.5, 0.6) is 0 Å². The summed E-state index contributed by atoms with van der Waals surface area (Å²) in [7, 11) is 0. The SMILES string of the molecule is CC(Nc1ncnc2ccc(-c3cnc4[nH]ncc4c3)cc12)c1ccccc1. The Morgan fingerprint density at radius 3 is 2.68 bits per heavy atom. The fraction of sp³-hybridized carbons (Fsp3) is 0.0909. The Bertz CT molecular complexity index is 1260. The van der Waals surface area contributed by atoms with Crippen LogP contribution in [0.25, 0.3) is 33.1 Å². The van der Waals surface area contributed by atoms with E-state index >= 15 is 0 Å². The minimum atomic E-state index is 0.131. The van der Waals surface area contributed by atoms with Crippen molar-refractivity contribution in [1.29, 1.82) is 0 Å². The first-order chi connectivity index (χ1) is 13.8. The Balaban J connectivity index is 1.56. The number of rotatable bonds is 4. The van der Waals surface area contributed by atoms with Gasteiger partial charge in [-0.3, -0.25) is 5.10 Å². The number of nitrogens with one attached hydrogen (secondary N) is 2. The van der Waals surface area contributed by atoms with Crippen LogP contribution in [0.1, 0.15) is 18.5 Å². The zero-order valence-electron chi connectivity index (χ0n) is 15.3. The average Bonchev–Trinajstić information content (AvgIpc) is 3.22. The second-order valence-electron chi connectivity index (χ2n) is 6.76. The molecule has 1 unspecified atom stereocenters. The van der Waals surface area contributed by atoms with Gasteiger partial charge < -0.3 is 5.32 Å². The Labute approximate surface area is 161 Å². The van der Waals surface area contributed by atoms with Gasteiger partial charge in [0, 0.05) is 28.6 Å². The minimum Gasteiger partial charge on any atom is -0.363 e. The van der Waals surface area contributed by atoms with E-state index in [2.05, 4.69) is 67.7 Å². The van der Waals surface area contributed by atoms with Crippen LogP contribution in [0.2, 0.25) is 0 Å². The zero-order valence-corrected chi connectivity index (χ0v) is 15.3. The summed E-state index contributed by atoms with van der Waals surface area (Å²) >= 11 is 0. The number of hydrogen-bond acceptors (Lipinski definition) is 5. The lowest BCUT2D eigenvalue weighted by Crippen LogP contribution is -2.08. The maximum atomic E-state index is 4.50. The van der Waals surface area contributed by atoms with Crippen LogP contribution in [-0.2, 0) is 0 Å². The number of nitrogens with zero attached hydrogens (tertiary/aromatic N) is 4. The molecule has 28 heavy (non-hydrogen) atoms. The standard InChI is InChI=1S/C22H18N6/c1-14(15-5-3-2-4-6-15)27-22-19-10-16(7-8-20(19)24-13-25-22)17-9-18-12-26-28-21(18)23-11-17/h2-14H,1H3,(H,23,26,28)(H,24,25,27). The van der Waals surface area contributed by atoms with E-state index in [1.165, 1.54) is 5.56 Å². The van der Waals surface area contributed by atoms with Gasteiger partial charge in [-0.15, -0.1) is 0 Å². The van der Waals surface area contributed by atoms with Crippen LogP contribution in [0.15, 0.2) is 73.3 Å². The summed E-state index contributed by atoms with van der Waals surface area (Å²) in [5.74, 6) is 0.820. The molecule has 0 amide bonds. The fourth-order valence-corrected chi connectivity index (χ4v) is 3.38. The van der Waals surface area contributed by atoms with Crippen molar-refractivity contribution in [2.24, 2.45) is 0 Å². The summed E-state index contributed by atoms with van der Waals surface area (Å²) in [6.07, 6.45) is 5.23. The molecule has 6 heteroatoms. The van der Waals surface area contributed by atoms with Gasteiger partial charge >= 0.3 is 0 Å². The molecule has 0 bridgehead atoms. The molecule has 136 valence electrons. The number of benzene rings is 2. The van der Waals surface area contributed by atoms with E-state index in [9.17, 15) is 0 Å². The van der Waals surface area contributed by atoms with Crippen molar-refractivity contribution in [1.82, 2.24) is 25.1 Å². The van der Waals surface area contributed by atoms with Gasteiger partial charge in [-0.2, -0.15) is 5.10 Å². The quantitative estimate of drug-likeness (QED) is 0.480. The molecule has 3 aromatic heterocycles. The van der Waals surface area contributed by atoms with Crippen molar-refractivity contribution in [2.45, 2.75) is 13.0 Å². The largest absolute Gasteiger partial charge is 0.363 e. The second kappa shape index (κ2) is 6.74. The Kier molecular flexibility index (Phi) is 3.94. The molecule has 0 spiro atoms. The van der Waals surface area contributed by atoms with Crippen molar-refractivity contribution in [3.63, 3.8) is 0 Å². The maximum absolute atomic E-state index is 4.50. The van der Waals surface area contributed by atoms with Crippen LogP contribution in [0, 0.1) is 0 Å². The van der Waals surface area contributed by atoms with E-state index in [1.54, 1.807) is 12.5 Å². The number of anilines is 1. The van der Waals surface area contributed by atoms with Crippen LogP contribution < -0.4 is 5.32 Å². The molecule has 0 fully saturated rings. The van der Waals surface area contributed by atoms with Gasteiger partial charge in [0.15, 0.2) is 5.65 Å². The highest BCUT2D eigenvalue weighted by Crippen LogP contribution is 2.29. The molecule has 2 aromatic carbocycles. The van der Waals surface area contributed by atoms with Gasteiger partial charge in [0.2, 0.25) is 0 Å². The highest BCUT2D eigenvalue weighted by Gasteiger charge is 2.11. The molecule has 0 aliphatic heterocycles. The first-order valence-corrected chi connectivity index (χ1v) is 9.14. The van der Waals surface area contributed by atoms with Crippen LogP contribution in [0.4, 0.5) is 5.82 Å². The topological polar surface area (TPSA) is 79.4 Å². The summed E-state index contributed by atoms with van der Waals surface area (Å²) in [6.45, 7) is 2.13. The fourth-order valence-electron chi connectivity index (χ4n) is 3.38. The van der Waals surface area contributed by atoms with Crippen LogP contribution in [-0.4, -0.2) is 25.1 Å². The summed E-state index contributed by atoms with van der Waals surface area (Å²) in [5, 5.41) is 12.4. The predicted octanol–water partition coefficient (Wildman–Crippen LogP) is 4.74. The summed E-state index contributed by atoms with van der Waals surface area (Å²) in [5.41, 5.74) is 4.99. The third-order valence-corrected chi connectivity index (χ3v) is 4.91. The van der Waals surface area contributed by atoms with Crippen LogP contribution in [0.3, 0.4) is 0 Å². The lowest BCUT2D eigenvalue weighted by atomic mass is 10.0. The normalized spacial score (nSPS) is 12.3. The number of pyridine rings is 1. The number of H-pyrrole nitrogens is 1. The highest BCUT2D eigenvalue weighted by molar-refractivity contribution is 5.93. The van der Waals surface area contributed by atoms with E-state index in [1.807, 2.05) is 30.5 Å². The van der Waals surface area contributed by atoms with Crippen molar-refractivity contribution >= 4 is 27.8 Å². The van der Waals surface area contributed by atoms with Gasteiger partial charge in [-0.25, -0.2) is 15.0 Å². The third kappa shape index (κ3) is 2.95. The monoisotopic (exact) mass is 366 g/mol. The molecule has 0 radical (unpaired) electrons. The van der Waals surface area contributed by atoms with E-state index in [0.29, 0.717) is 0 Å². The van der Waals surface area contributed by atoms with Crippen molar-refractivity contribution in [3.8, 4) is 11.1 Å². The molecule has 0 aliphatic rings. The highest BCUT2D eigenvalue weighted by atomic mass is 15.1. The van der Waals surface area contributed by atoms with Crippen LogP contribution >= 0.6 is 0 Å². The molecule has 2 N–H and O–H groups in total. The Hall–Kier alpha value is -3.80. The minimum absolute atomic E-state index is 0.131. The van der Waals surface area contributed by atoms with Crippen molar-refractivity contribution in [2.75, 3.05) is 5.32 Å².